The van der Waals surface area contributed by atoms with Crippen LogP contribution in [-0.2, 0) is 4.74 Å². The van der Waals surface area contributed by atoms with Gasteiger partial charge in [-0.15, -0.1) is 0 Å². The molecular formula is C17H30O. The molecule has 0 spiro atoms. The lowest BCUT2D eigenvalue weighted by Gasteiger charge is -1.95. The smallest absolute Gasteiger partial charge is 0.0876 e. The van der Waals surface area contributed by atoms with Crippen molar-refractivity contribution in [2.24, 2.45) is 0 Å². The van der Waals surface area contributed by atoms with Crippen LogP contribution in [0.5, 0.6) is 0 Å². The zero-order valence-corrected chi connectivity index (χ0v) is 12.2. The molecule has 104 valence electrons. The number of unbranched alkanes of at least 4 members (excludes halogenated alkanes) is 5. The van der Waals surface area contributed by atoms with Crippen molar-refractivity contribution in [2.45, 2.75) is 83.8 Å². The van der Waals surface area contributed by atoms with E-state index in [1.54, 1.807) is 0 Å². The monoisotopic (exact) mass is 250 g/mol. The Balaban J connectivity index is 1.83. The highest BCUT2D eigenvalue weighted by molar-refractivity contribution is 4.97. The van der Waals surface area contributed by atoms with Gasteiger partial charge in [-0.05, 0) is 32.1 Å². The highest BCUT2D eigenvalue weighted by Gasteiger charge is 2.35. The average molecular weight is 250 g/mol. The summed E-state index contributed by atoms with van der Waals surface area (Å²) in [6.45, 7) is 4.46. The van der Waals surface area contributed by atoms with E-state index in [-0.39, 0.29) is 0 Å². The minimum Gasteiger partial charge on any atom is -0.369 e. The standard InChI is InChI=1S/C17H30O/c1-3-5-6-7-8-9-10-11-12-13-14-15-17-16(4-2)18-17/h10-11,13-14,16-17H,3-9,12,15H2,1-2H3/b11-10-,14-13-/t16-,17+/m0/s1. The molecule has 0 unspecified atom stereocenters. The predicted molar refractivity (Wildman–Crippen MR) is 79.8 cm³/mol. The fourth-order valence-electron chi connectivity index (χ4n) is 2.23. The fraction of sp³-hybridized carbons (Fsp3) is 0.765. The molecule has 1 nitrogen and oxygen atoms in total. The number of allylic oxidation sites excluding steroid dienone is 3. The maximum atomic E-state index is 5.49. The molecule has 1 heterocycles. The van der Waals surface area contributed by atoms with Crippen LogP contribution >= 0.6 is 0 Å². The summed E-state index contributed by atoms with van der Waals surface area (Å²) < 4.78 is 5.49. The first-order chi connectivity index (χ1) is 8.88. The Morgan fingerprint density at radius 2 is 1.61 bits per heavy atom. The van der Waals surface area contributed by atoms with E-state index in [2.05, 4.69) is 38.2 Å². The summed E-state index contributed by atoms with van der Waals surface area (Å²) >= 11 is 0. The van der Waals surface area contributed by atoms with Gasteiger partial charge >= 0.3 is 0 Å². The third-order valence-electron chi connectivity index (χ3n) is 3.54. The average Bonchev–Trinajstić information content (AvgIpc) is 3.14. The molecule has 1 fully saturated rings. The van der Waals surface area contributed by atoms with Gasteiger partial charge in [-0.25, -0.2) is 0 Å². The minimum absolute atomic E-state index is 0.522. The van der Waals surface area contributed by atoms with Gasteiger partial charge in [0.2, 0.25) is 0 Å². The van der Waals surface area contributed by atoms with Gasteiger partial charge in [0.05, 0.1) is 12.2 Å². The van der Waals surface area contributed by atoms with E-state index in [1.165, 1.54) is 38.5 Å². The Kier molecular flexibility index (Phi) is 8.93. The van der Waals surface area contributed by atoms with Gasteiger partial charge in [0, 0.05) is 0 Å². The normalized spacial score (nSPS) is 23.2. The van der Waals surface area contributed by atoms with Crippen LogP contribution < -0.4 is 0 Å². The molecule has 0 radical (unpaired) electrons. The first-order valence-corrected chi connectivity index (χ1v) is 7.84. The Morgan fingerprint density at radius 3 is 2.33 bits per heavy atom. The molecule has 1 rings (SSSR count). The van der Waals surface area contributed by atoms with E-state index >= 15 is 0 Å². The number of rotatable bonds is 11. The van der Waals surface area contributed by atoms with Crippen molar-refractivity contribution >= 4 is 0 Å². The number of hydrogen-bond donors (Lipinski definition) is 0. The summed E-state index contributed by atoms with van der Waals surface area (Å²) in [5, 5.41) is 0. The van der Waals surface area contributed by atoms with Crippen molar-refractivity contribution in [3.63, 3.8) is 0 Å². The van der Waals surface area contributed by atoms with Crippen molar-refractivity contribution in [2.75, 3.05) is 0 Å². The third kappa shape index (κ3) is 7.71. The van der Waals surface area contributed by atoms with Crippen LogP contribution in [0.1, 0.15) is 71.6 Å². The van der Waals surface area contributed by atoms with Crippen LogP contribution in [0.25, 0.3) is 0 Å². The van der Waals surface area contributed by atoms with Crippen molar-refractivity contribution in [3.05, 3.63) is 24.3 Å². The second-order valence-corrected chi connectivity index (χ2v) is 5.24. The molecule has 0 saturated carbocycles. The van der Waals surface area contributed by atoms with E-state index in [9.17, 15) is 0 Å². The van der Waals surface area contributed by atoms with Crippen LogP contribution in [0.15, 0.2) is 24.3 Å². The third-order valence-corrected chi connectivity index (χ3v) is 3.54. The van der Waals surface area contributed by atoms with E-state index < -0.39 is 0 Å². The van der Waals surface area contributed by atoms with E-state index in [0.29, 0.717) is 12.2 Å². The number of ether oxygens (including phenoxy) is 1. The van der Waals surface area contributed by atoms with Gasteiger partial charge in [0.1, 0.15) is 0 Å². The lowest BCUT2D eigenvalue weighted by Crippen LogP contribution is -1.88. The minimum atomic E-state index is 0.522. The Hall–Kier alpha value is -0.560. The molecule has 0 amide bonds. The largest absolute Gasteiger partial charge is 0.369 e. The fourth-order valence-corrected chi connectivity index (χ4v) is 2.23. The van der Waals surface area contributed by atoms with E-state index in [1.807, 2.05) is 0 Å². The van der Waals surface area contributed by atoms with Crippen LogP contribution in [0.4, 0.5) is 0 Å². The highest BCUT2D eigenvalue weighted by atomic mass is 16.6. The first-order valence-electron chi connectivity index (χ1n) is 7.84. The number of epoxide rings is 1. The van der Waals surface area contributed by atoms with Crippen LogP contribution in [0, 0.1) is 0 Å². The first kappa shape index (κ1) is 15.5. The summed E-state index contributed by atoms with van der Waals surface area (Å²) in [6, 6.07) is 0. The lowest BCUT2D eigenvalue weighted by atomic mass is 10.1. The maximum absolute atomic E-state index is 5.49. The van der Waals surface area contributed by atoms with Crippen molar-refractivity contribution in [1.29, 1.82) is 0 Å². The molecule has 18 heavy (non-hydrogen) atoms. The van der Waals surface area contributed by atoms with Crippen molar-refractivity contribution < 1.29 is 4.74 Å². The van der Waals surface area contributed by atoms with E-state index in [0.717, 1.165) is 19.3 Å². The lowest BCUT2D eigenvalue weighted by molar-refractivity contribution is 0.367. The summed E-state index contributed by atoms with van der Waals surface area (Å²) in [6.07, 6.45) is 21.7. The molecule has 1 saturated heterocycles. The molecule has 0 aliphatic carbocycles. The molecular weight excluding hydrogens is 220 g/mol. The van der Waals surface area contributed by atoms with Crippen LogP contribution in [0.3, 0.4) is 0 Å². The van der Waals surface area contributed by atoms with Gasteiger partial charge in [-0.2, -0.15) is 0 Å². The molecule has 1 heteroatoms. The second kappa shape index (κ2) is 10.4. The van der Waals surface area contributed by atoms with Gasteiger partial charge in [-0.1, -0.05) is 63.8 Å². The predicted octanol–water partition coefficient (Wildman–Crippen LogP) is 5.42. The molecule has 0 N–H and O–H groups in total. The summed E-state index contributed by atoms with van der Waals surface area (Å²) in [7, 11) is 0. The van der Waals surface area contributed by atoms with Gasteiger partial charge < -0.3 is 4.74 Å². The van der Waals surface area contributed by atoms with Crippen molar-refractivity contribution in [3.8, 4) is 0 Å². The molecule has 0 aromatic heterocycles. The summed E-state index contributed by atoms with van der Waals surface area (Å²) in [5.74, 6) is 0. The summed E-state index contributed by atoms with van der Waals surface area (Å²) in [5.41, 5.74) is 0. The Labute approximate surface area is 113 Å². The maximum Gasteiger partial charge on any atom is 0.0876 e. The quantitative estimate of drug-likeness (QED) is 0.271. The highest BCUT2D eigenvalue weighted by Crippen LogP contribution is 2.28. The molecule has 1 aliphatic rings. The topological polar surface area (TPSA) is 12.5 Å². The van der Waals surface area contributed by atoms with Crippen LogP contribution in [-0.4, -0.2) is 12.2 Å². The Bertz CT molecular complexity index is 242. The molecule has 0 aromatic rings. The van der Waals surface area contributed by atoms with Crippen LogP contribution in [0.2, 0.25) is 0 Å². The SMILES string of the molecule is CCCCCCC/C=C\C/C=C\C[C@H]1O[C@H]1CC. The zero-order valence-electron chi connectivity index (χ0n) is 12.2. The zero-order chi connectivity index (χ0) is 13.1. The van der Waals surface area contributed by atoms with E-state index in [4.69, 9.17) is 4.74 Å². The summed E-state index contributed by atoms with van der Waals surface area (Å²) in [4.78, 5) is 0. The Morgan fingerprint density at radius 1 is 0.833 bits per heavy atom. The van der Waals surface area contributed by atoms with Gasteiger partial charge in [0.25, 0.3) is 0 Å². The molecule has 1 aliphatic heterocycles. The molecule has 0 bridgehead atoms. The molecule has 0 aromatic carbocycles. The van der Waals surface area contributed by atoms with Gasteiger partial charge in [0.15, 0.2) is 0 Å². The second-order valence-electron chi connectivity index (χ2n) is 5.24. The molecule has 2 atom stereocenters. The van der Waals surface area contributed by atoms with Crippen molar-refractivity contribution in [1.82, 2.24) is 0 Å². The van der Waals surface area contributed by atoms with Gasteiger partial charge in [-0.3, -0.25) is 0 Å². The number of hydrogen-bond acceptors (Lipinski definition) is 1.